The molecule has 4 heteroatoms. The molecule has 0 bridgehead atoms. The Labute approximate surface area is 108 Å². The van der Waals surface area contributed by atoms with Crippen LogP contribution in [0.3, 0.4) is 0 Å². The molecule has 100 valence electrons. The maximum Gasteiger partial charge on any atom is 0.317 e. The molecule has 0 aliphatic carbocycles. The molecule has 0 atom stereocenters. The van der Waals surface area contributed by atoms with Gasteiger partial charge in [0.1, 0.15) is 0 Å². The van der Waals surface area contributed by atoms with E-state index in [1.54, 1.807) is 0 Å². The van der Waals surface area contributed by atoms with Crippen LogP contribution in [0.1, 0.15) is 37.8 Å². The third kappa shape index (κ3) is 7.79. The van der Waals surface area contributed by atoms with E-state index in [4.69, 9.17) is 5.11 Å². The molecule has 0 amide bonds. The number of aliphatic carboxylic acids is 1. The molecule has 0 saturated heterocycles. The minimum Gasteiger partial charge on any atom is -0.480 e. The number of hydrogen-bond acceptors (Lipinski definition) is 3. The van der Waals surface area contributed by atoms with E-state index in [2.05, 4.69) is 16.4 Å². The van der Waals surface area contributed by atoms with Crippen LogP contribution in [0.5, 0.6) is 0 Å². The zero-order valence-electron chi connectivity index (χ0n) is 10.8. The van der Waals surface area contributed by atoms with Crippen LogP contribution in [0.25, 0.3) is 0 Å². The molecule has 4 nitrogen and oxygen atoms in total. The summed E-state index contributed by atoms with van der Waals surface area (Å²) >= 11 is 0. The number of pyridine rings is 1. The highest BCUT2D eigenvalue weighted by Gasteiger charge is 1.96. The van der Waals surface area contributed by atoms with Crippen LogP contribution in [0.15, 0.2) is 24.4 Å². The number of nitrogens with one attached hydrogen (secondary N) is 1. The van der Waals surface area contributed by atoms with Gasteiger partial charge in [-0.1, -0.05) is 25.3 Å². The van der Waals surface area contributed by atoms with Gasteiger partial charge in [-0.3, -0.25) is 9.78 Å². The molecule has 1 aromatic heterocycles. The smallest absolute Gasteiger partial charge is 0.317 e. The van der Waals surface area contributed by atoms with Gasteiger partial charge in [-0.25, -0.2) is 0 Å². The lowest BCUT2D eigenvalue weighted by atomic mass is 10.1. The topological polar surface area (TPSA) is 62.2 Å². The van der Waals surface area contributed by atoms with Crippen molar-refractivity contribution >= 4 is 5.97 Å². The SMILES string of the molecule is O=C(O)CNCCCCCCCc1ccccn1. The maximum atomic E-state index is 10.2. The summed E-state index contributed by atoms with van der Waals surface area (Å²) in [5.74, 6) is -0.787. The van der Waals surface area contributed by atoms with Crippen molar-refractivity contribution in [3.63, 3.8) is 0 Å². The fourth-order valence-electron chi connectivity index (χ4n) is 1.83. The van der Waals surface area contributed by atoms with E-state index in [9.17, 15) is 4.79 Å². The van der Waals surface area contributed by atoms with Crippen LogP contribution in [0, 0.1) is 0 Å². The quantitative estimate of drug-likeness (QED) is 0.625. The van der Waals surface area contributed by atoms with Crippen molar-refractivity contribution < 1.29 is 9.90 Å². The van der Waals surface area contributed by atoms with Gasteiger partial charge in [-0.2, -0.15) is 0 Å². The lowest BCUT2D eigenvalue weighted by Gasteiger charge is -2.02. The molecule has 1 rings (SSSR count). The Morgan fingerprint density at radius 2 is 1.94 bits per heavy atom. The van der Waals surface area contributed by atoms with Crippen LogP contribution >= 0.6 is 0 Å². The standard InChI is InChI=1S/C14H22N2O2/c17-14(18)12-15-10-6-3-1-2-4-8-13-9-5-7-11-16-13/h5,7,9,11,15H,1-4,6,8,10,12H2,(H,17,18). The minimum atomic E-state index is -0.787. The van der Waals surface area contributed by atoms with Gasteiger partial charge in [0.15, 0.2) is 0 Å². The monoisotopic (exact) mass is 250 g/mol. The predicted octanol–water partition coefficient (Wildman–Crippen LogP) is 2.25. The van der Waals surface area contributed by atoms with Crippen molar-refractivity contribution in [1.29, 1.82) is 0 Å². The fraction of sp³-hybridized carbons (Fsp3) is 0.571. The van der Waals surface area contributed by atoms with Crippen molar-refractivity contribution in [1.82, 2.24) is 10.3 Å². The molecule has 0 aliphatic heterocycles. The largest absolute Gasteiger partial charge is 0.480 e. The molecule has 2 N–H and O–H groups in total. The van der Waals surface area contributed by atoms with Crippen LogP contribution < -0.4 is 5.32 Å². The molecule has 0 spiro atoms. The third-order valence-corrected chi connectivity index (χ3v) is 2.79. The van der Waals surface area contributed by atoms with E-state index in [-0.39, 0.29) is 6.54 Å². The van der Waals surface area contributed by atoms with E-state index < -0.39 is 5.97 Å². The second-order valence-electron chi connectivity index (χ2n) is 4.41. The summed E-state index contributed by atoms with van der Waals surface area (Å²) in [6.07, 6.45) is 8.71. The Morgan fingerprint density at radius 3 is 2.67 bits per heavy atom. The van der Waals surface area contributed by atoms with Gasteiger partial charge >= 0.3 is 5.97 Å². The van der Waals surface area contributed by atoms with E-state index in [1.165, 1.54) is 25.0 Å². The number of carboxylic acids is 1. The van der Waals surface area contributed by atoms with Gasteiger partial charge in [0, 0.05) is 11.9 Å². The molecule has 0 saturated carbocycles. The molecule has 0 aliphatic rings. The Morgan fingerprint density at radius 1 is 1.17 bits per heavy atom. The summed E-state index contributed by atoms with van der Waals surface area (Å²) < 4.78 is 0. The van der Waals surface area contributed by atoms with Gasteiger partial charge in [0.25, 0.3) is 0 Å². The number of carboxylic acid groups (broad SMARTS) is 1. The van der Waals surface area contributed by atoms with Crippen LogP contribution in [0.2, 0.25) is 0 Å². The summed E-state index contributed by atoms with van der Waals surface area (Å²) in [4.78, 5) is 14.5. The van der Waals surface area contributed by atoms with Crippen molar-refractivity contribution in [2.45, 2.75) is 38.5 Å². The summed E-state index contributed by atoms with van der Waals surface area (Å²) in [6.45, 7) is 0.867. The molecule has 18 heavy (non-hydrogen) atoms. The average molecular weight is 250 g/mol. The Balaban J connectivity index is 1.86. The highest BCUT2D eigenvalue weighted by atomic mass is 16.4. The van der Waals surface area contributed by atoms with E-state index in [0.717, 1.165) is 25.8 Å². The Bertz CT molecular complexity index is 328. The lowest BCUT2D eigenvalue weighted by molar-refractivity contribution is -0.135. The number of aromatic nitrogens is 1. The van der Waals surface area contributed by atoms with Crippen LogP contribution in [-0.2, 0) is 11.2 Å². The maximum absolute atomic E-state index is 10.2. The number of rotatable bonds is 10. The van der Waals surface area contributed by atoms with E-state index in [1.807, 2.05) is 18.3 Å². The summed E-state index contributed by atoms with van der Waals surface area (Å²) in [7, 11) is 0. The normalized spacial score (nSPS) is 10.4. The highest BCUT2D eigenvalue weighted by molar-refractivity contribution is 5.68. The van der Waals surface area contributed by atoms with Gasteiger partial charge in [0.2, 0.25) is 0 Å². The van der Waals surface area contributed by atoms with Crippen molar-refractivity contribution in [2.24, 2.45) is 0 Å². The number of aryl methyl sites for hydroxylation is 1. The second kappa shape index (κ2) is 9.59. The molecule has 0 radical (unpaired) electrons. The van der Waals surface area contributed by atoms with Crippen molar-refractivity contribution in [3.05, 3.63) is 30.1 Å². The summed E-state index contributed by atoms with van der Waals surface area (Å²) in [5, 5.41) is 11.3. The Hall–Kier alpha value is -1.42. The summed E-state index contributed by atoms with van der Waals surface area (Å²) in [6, 6.07) is 6.03. The third-order valence-electron chi connectivity index (χ3n) is 2.79. The van der Waals surface area contributed by atoms with Crippen LogP contribution in [-0.4, -0.2) is 29.1 Å². The second-order valence-corrected chi connectivity index (χ2v) is 4.41. The number of unbranched alkanes of at least 4 members (excludes halogenated alkanes) is 4. The number of hydrogen-bond donors (Lipinski definition) is 2. The molecule has 0 fully saturated rings. The Kier molecular flexibility index (Phi) is 7.80. The lowest BCUT2D eigenvalue weighted by Crippen LogP contribution is -2.23. The first-order valence-electron chi connectivity index (χ1n) is 6.61. The van der Waals surface area contributed by atoms with Crippen molar-refractivity contribution in [3.8, 4) is 0 Å². The first kappa shape index (κ1) is 14.6. The first-order chi connectivity index (χ1) is 8.79. The predicted molar refractivity (Wildman–Crippen MR) is 71.5 cm³/mol. The van der Waals surface area contributed by atoms with Gasteiger partial charge in [-0.05, 0) is 37.9 Å². The molecule has 0 unspecified atom stereocenters. The first-order valence-corrected chi connectivity index (χ1v) is 6.61. The van der Waals surface area contributed by atoms with Crippen molar-refractivity contribution in [2.75, 3.05) is 13.1 Å². The summed E-state index contributed by atoms with van der Waals surface area (Å²) in [5.41, 5.74) is 1.17. The number of carbonyl (C=O) groups is 1. The number of nitrogens with zero attached hydrogens (tertiary/aromatic N) is 1. The van der Waals surface area contributed by atoms with E-state index in [0.29, 0.717) is 0 Å². The van der Waals surface area contributed by atoms with Gasteiger partial charge < -0.3 is 10.4 Å². The van der Waals surface area contributed by atoms with Gasteiger partial charge in [-0.15, -0.1) is 0 Å². The van der Waals surface area contributed by atoms with E-state index >= 15 is 0 Å². The molecule has 1 heterocycles. The zero-order valence-corrected chi connectivity index (χ0v) is 10.8. The van der Waals surface area contributed by atoms with Gasteiger partial charge in [0.05, 0.1) is 6.54 Å². The molecular formula is C14H22N2O2. The molecular weight excluding hydrogens is 228 g/mol. The zero-order chi connectivity index (χ0) is 13.1. The average Bonchev–Trinajstić information content (AvgIpc) is 2.37. The highest BCUT2D eigenvalue weighted by Crippen LogP contribution is 2.06. The molecule has 1 aromatic rings. The minimum absolute atomic E-state index is 0.0691. The fourth-order valence-corrected chi connectivity index (χ4v) is 1.83. The molecule has 0 aromatic carbocycles. The van der Waals surface area contributed by atoms with Crippen LogP contribution in [0.4, 0.5) is 0 Å².